The molecule has 0 fully saturated rings. The van der Waals surface area contributed by atoms with Gasteiger partial charge in [-0.15, -0.1) is 0 Å². The highest BCUT2D eigenvalue weighted by atomic mass is 19.4. The van der Waals surface area contributed by atoms with E-state index in [2.05, 4.69) is 10.3 Å². The maximum Gasteiger partial charge on any atom is 0.416 e. The summed E-state index contributed by atoms with van der Waals surface area (Å²) in [6, 6.07) is 7.20. The number of Topliss-reactive ketones (excluding diaryl/α,β-unsaturated/α-hetero) is 1. The molecule has 0 saturated heterocycles. The Hall–Kier alpha value is -3.36. The number of nitrogens with one attached hydrogen (secondary N) is 1. The van der Waals surface area contributed by atoms with Crippen LogP contribution in [0.1, 0.15) is 42.3 Å². The molecule has 1 aromatic heterocycles. The van der Waals surface area contributed by atoms with E-state index < -0.39 is 29.2 Å². The first kappa shape index (κ1) is 23.9. The fraction of sp³-hybridized carbons (Fsp3) is 0.318. The molecule has 9 heteroatoms. The highest BCUT2D eigenvalue weighted by molar-refractivity contribution is 6.29. The van der Waals surface area contributed by atoms with Crippen molar-refractivity contribution >= 4 is 23.3 Å². The molecule has 2 aromatic rings. The van der Waals surface area contributed by atoms with Crippen molar-refractivity contribution < 1.29 is 27.5 Å². The Bertz CT molecular complexity index is 993. The van der Waals surface area contributed by atoms with Crippen LogP contribution < -0.4 is 5.32 Å². The number of nitrogens with zero attached hydrogens (tertiary/aromatic N) is 2. The molecule has 0 atom stereocenters. The number of halogens is 3. The lowest BCUT2D eigenvalue weighted by Gasteiger charge is -2.19. The number of aromatic nitrogens is 1. The minimum Gasteiger partial charge on any atom is -0.444 e. The van der Waals surface area contributed by atoms with Crippen molar-refractivity contribution in [2.24, 2.45) is 0 Å². The predicted octanol–water partition coefficient (Wildman–Crippen LogP) is 5.23. The second kappa shape index (κ2) is 9.20. The summed E-state index contributed by atoms with van der Waals surface area (Å²) in [5.74, 6) is -0.470. The summed E-state index contributed by atoms with van der Waals surface area (Å²) in [6.07, 6.45) is -2.41. The number of rotatable bonds is 5. The molecular weight excluding hydrogens is 411 g/mol. The van der Waals surface area contributed by atoms with Crippen molar-refractivity contribution in [1.82, 2.24) is 9.88 Å². The van der Waals surface area contributed by atoms with E-state index >= 15 is 0 Å². The molecular formula is C22H24F3N3O3. The quantitative estimate of drug-likeness (QED) is 0.514. The average Bonchev–Trinajstić information content (AvgIpc) is 2.63. The topological polar surface area (TPSA) is 71.5 Å². The number of ether oxygens (including phenoxy) is 1. The minimum atomic E-state index is -4.57. The molecule has 1 heterocycles. The number of carbonyl (C=O) groups is 2. The van der Waals surface area contributed by atoms with Crippen molar-refractivity contribution in [1.29, 1.82) is 0 Å². The van der Waals surface area contributed by atoms with Crippen LogP contribution >= 0.6 is 0 Å². The molecule has 0 spiro atoms. The number of pyridine rings is 1. The van der Waals surface area contributed by atoms with Crippen LogP contribution in [0.3, 0.4) is 0 Å². The third kappa shape index (κ3) is 7.13. The van der Waals surface area contributed by atoms with Gasteiger partial charge in [0.05, 0.1) is 5.56 Å². The van der Waals surface area contributed by atoms with Gasteiger partial charge in [0.2, 0.25) is 0 Å². The molecule has 1 N–H and O–H groups in total. The number of carbonyl (C=O) groups excluding carboxylic acids is 2. The fourth-order valence-corrected chi connectivity index (χ4v) is 2.59. The number of amides is 1. The Kier molecular flexibility index (Phi) is 7.09. The molecule has 0 aliphatic rings. The first-order valence-electron chi connectivity index (χ1n) is 9.33. The molecule has 0 unspecified atom stereocenters. The largest absolute Gasteiger partial charge is 0.444 e. The second-order valence-corrected chi connectivity index (χ2v) is 7.97. The maximum absolute atomic E-state index is 13.1. The van der Waals surface area contributed by atoms with Crippen LogP contribution in [0.25, 0.3) is 5.57 Å². The van der Waals surface area contributed by atoms with Crippen LogP contribution in [-0.4, -0.2) is 41.5 Å². The number of hydrogen-bond donors (Lipinski definition) is 1. The van der Waals surface area contributed by atoms with Gasteiger partial charge in [-0.25, -0.2) is 9.78 Å². The zero-order valence-electron chi connectivity index (χ0n) is 17.9. The number of alkyl halides is 3. The van der Waals surface area contributed by atoms with E-state index in [1.807, 2.05) is 0 Å². The standard InChI is InChI=1S/C22H24F3N3O3/c1-21(2,3)31-20(30)27-18-12-14(9-10-26-18)17(13-28(4)5)19(29)15-7-6-8-16(11-15)22(23,24)25/h6-13H,1-5H3,(H,26,27,30)/b17-13+. The summed E-state index contributed by atoms with van der Waals surface area (Å²) in [4.78, 5) is 30.7. The normalized spacial score (nSPS) is 12.3. The maximum atomic E-state index is 13.1. The van der Waals surface area contributed by atoms with E-state index in [1.165, 1.54) is 36.7 Å². The second-order valence-electron chi connectivity index (χ2n) is 7.97. The van der Waals surface area contributed by atoms with Gasteiger partial charge in [-0.3, -0.25) is 10.1 Å². The van der Waals surface area contributed by atoms with Gasteiger partial charge >= 0.3 is 12.3 Å². The predicted molar refractivity (Wildman–Crippen MR) is 112 cm³/mol. The SMILES string of the molecule is CN(C)/C=C(/C(=O)c1cccc(C(F)(F)F)c1)c1ccnc(NC(=O)OC(C)(C)C)c1. The van der Waals surface area contributed by atoms with Gasteiger partial charge in [0.25, 0.3) is 0 Å². The minimum absolute atomic E-state index is 0.110. The number of ketones is 1. The van der Waals surface area contributed by atoms with Gasteiger partial charge in [0.15, 0.2) is 5.78 Å². The van der Waals surface area contributed by atoms with Crippen LogP contribution in [0.4, 0.5) is 23.8 Å². The average molecular weight is 435 g/mol. The van der Waals surface area contributed by atoms with Crippen LogP contribution in [0, 0.1) is 0 Å². The number of benzene rings is 1. The van der Waals surface area contributed by atoms with Gasteiger partial charge in [-0.05, 0) is 50.6 Å². The summed E-state index contributed by atoms with van der Waals surface area (Å²) >= 11 is 0. The molecule has 0 aliphatic carbocycles. The Labute approximate surface area is 178 Å². The number of allylic oxidation sites excluding steroid dienone is 1. The van der Waals surface area contributed by atoms with Gasteiger partial charge in [-0.2, -0.15) is 13.2 Å². The Morgan fingerprint density at radius 3 is 2.32 bits per heavy atom. The molecule has 2 rings (SSSR count). The molecule has 31 heavy (non-hydrogen) atoms. The van der Waals surface area contributed by atoms with Crippen LogP contribution in [0.2, 0.25) is 0 Å². The first-order chi connectivity index (χ1) is 14.3. The lowest BCUT2D eigenvalue weighted by atomic mass is 9.96. The lowest BCUT2D eigenvalue weighted by Crippen LogP contribution is -2.27. The van der Waals surface area contributed by atoms with Crippen LogP contribution in [0.15, 0.2) is 48.8 Å². The zero-order valence-corrected chi connectivity index (χ0v) is 17.9. The molecule has 0 saturated carbocycles. The summed E-state index contributed by atoms with van der Waals surface area (Å²) in [5, 5.41) is 2.48. The van der Waals surface area contributed by atoms with Crippen molar-refractivity contribution in [3.05, 3.63) is 65.5 Å². The summed E-state index contributed by atoms with van der Waals surface area (Å²) in [6.45, 7) is 5.13. The highest BCUT2D eigenvalue weighted by Gasteiger charge is 2.31. The third-order valence-electron chi connectivity index (χ3n) is 3.78. The Balaban J connectivity index is 2.40. The molecule has 0 radical (unpaired) electrons. The molecule has 1 aromatic carbocycles. The fourth-order valence-electron chi connectivity index (χ4n) is 2.59. The van der Waals surface area contributed by atoms with Crippen LogP contribution in [-0.2, 0) is 10.9 Å². The summed E-state index contributed by atoms with van der Waals surface area (Å²) in [5.41, 5.74) is -1.22. The van der Waals surface area contributed by atoms with Gasteiger partial charge in [0, 0.05) is 37.6 Å². The van der Waals surface area contributed by atoms with E-state index in [1.54, 1.807) is 39.8 Å². The first-order valence-corrected chi connectivity index (χ1v) is 9.33. The number of anilines is 1. The molecule has 1 amide bonds. The number of hydrogen-bond acceptors (Lipinski definition) is 5. The summed E-state index contributed by atoms with van der Waals surface area (Å²) < 4.78 is 44.4. The van der Waals surface area contributed by atoms with Crippen molar-refractivity contribution in [3.8, 4) is 0 Å². The monoisotopic (exact) mass is 435 g/mol. The lowest BCUT2D eigenvalue weighted by molar-refractivity contribution is -0.137. The van der Waals surface area contributed by atoms with E-state index in [-0.39, 0.29) is 17.0 Å². The van der Waals surface area contributed by atoms with Crippen molar-refractivity contribution in [2.45, 2.75) is 32.5 Å². The van der Waals surface area contributed by atoms with E-state index in [4.69, 9.17) is 4.74 Å². The van der Waals surface area contributed by atoms with Crippen LogP contribution in [0.5, 0.6) is 0 Å². The van der Waals surface area contributed by atoms with Gasteiger partial charge < -0.3 is 9.64 Å². The van der Waals surface area contributed by atoms with Crippen molar-refractivity contribution in [3.63, 3.8) is 0 Å². The van der Waals surface area contributed by atoms with E-state index in [9.17, 15) is 22.8 Å². The Morgan fingerprint density at radius 1 is 1.06 bits per heavy atom. The highest BCUT2D eigenvalue weighted by Crippen LogP contribution is 2.31. The molecule has 0 aliphatic heterocycles. The van der Waals surface area contributed by atoms with Crippen molar-refractivity contribution in [2.75, 3.05) is 19.4 Å². The Morgan fingerprint density at radius 2 is 1.74 bits per heavy atom. The molecule has 166 valence electrons. The van der Waals surface area contributed by atoms with E-state index in [0.29, 0.717) is 5.56 Å². The third-order valence-corrected chi connectivity index (χ3v) is 3.78. The molecule has 0 bridgehead atoms. The van der Waals surface area contributed by atoms with E-state index in [0.717, 1.165) is 12.1 Å². The van der Waals surface area contributed by atoms with Gasteiger partial charge in [-0.1, -0.05) is 12.1 Å². The molecule has 6 nitrogen and oxygen atoms in total. The smallest absolute Gasteiger partial charge is 0.416 e. The zero-order chi connectivity index (χ0) is 23.4. The van der Waals surface area contributed by atoms with Gasteiger partial charge in [0.1, 0.15) is 11.4 Å². The summed E-state index contributed by atoms with van der Waals surface area (Å²) in [7, 11) is 3.36.